The molecule has 2 atom stereocenters. The van der Waals surface area contributed by atoms with Gasteiger partial charge in [-0.05, 0) is 6.92 Å². The van der Waals surface area contributed by atoms with Crippen LogP contribution in [0.15, 0.2) is 10.9 Å². The number of carbonyl (C=O) groups is 1. The van der Waals surface area contributed by atoms with E-state index >= 15 is 0 Å². The summed E-state index contributed by atoms with van der Waals surface area (Å²) in [5, 5.41) is 6.34. The molecule has 0 aromatic carbocycles. The number of nitrogens with one attached hydrogen (secondary N) is 1. The fourth-order valence-corrected chi connectivity index (χ4v) is 2.57. The van der Waals surface area contributed by atoms with Gasteiger partial charge >= 0.3 is 0 Å². The fraction of sp³-hybridized carbons (Fsp3) is 0.769. The highest BCUT2D eigenvalue weighted by molar-refractivity contribution is 5.88. The number of hydrogen-bond donors (Lipinski definition) is 2. The van der Waals surface area contributed by atoms with Crippen molar-refractivity contribution in [2.45, 2.75) is 45.3 Å². The summed E-state index contributed by atoms with van der Waals surface area (Å²) < 4.78 is 10.5. The van der Waals surface area contributed by atoms with Crippen molar-refractivity contribution >= 4 is 5.91 Å². The van der Waals surface area contributed by atoms with E-state index in [-0.39, 0.29) is 17.4 Å². The molecule has 1 aromatic heterocycles. The minimum absolute atomic E-state index is 0.0270. The lowest BCUT2D eigenvalue weighted by Crippen LogP contribution is -2.75. The number of amides is 1. The predicted octanol–water partition coefficient (Wildman–Crippen LogP) is 0.261. The molecule has 20 heavy (non-hydrogen) atoms. The lowest BCUT2D eigenvalue weighted by Gasteiger charge is -2.57. The van der Waals surface area contributed by atoms with Gasteiger partial charge < -0.3 is 20.3 Å². The molecular formula is C13H22N4O3. The molecule has 1 fully saturated rings. The molecule has 2 unspecified atom stereocenters. The van der Waals surface area contributed by atoms with Gasteiger partial charge in [0.15, 0.2) is 6.33 Å². The first-order valence-corrected chi connectivity index (χ1v) is 6.86. The van der Waals surface area contributed by atoms with E-state index in [4.69, 9.17) is 15.0 Å². The summed E-state index contributed by atoms with van der Waals surface area (Å²) in [5.41, 5.74) is 5.00. The van der Waals surface area contributed by atoms with E-state index < -0.39 is 5.54 Å². The van der Waals surface area contributed by atoms with Gasteiger partial charge in [-0.1, -0.05) is 19.0 Å². The Morgan fingerprint density at radius 1 is 1.65 bits per heavy atom. The quantitative estimate of drug-likeness (QED) is 0.775. The van der Waals surface area contributed by atoms with Crippen molar-refractivity contribution in [3.05, 3.63) is 12.2 Å². The van der Waals surface area contributed by atoms with E-state index in [1.807, 2.05) is 20.8 Å². The lowest BCUT2D eigenvalue weighted by atomic mass is 9.54. The first-order chi connectivity index (χ1) is 9.41. The summed E-state index contributed by atoms with van der Waals surface area (Å²) in [6.07, 6.45) is 2.40. The van der Waals surface area contributed by atoms with Crippen LogP contribution in [-0.4, -0.2) is 40.8 Å². The summed E-state index contributed by atoms with van der Waals surface area (Å²) in [6.45, 7) is 6.93. The van der Waals surface area contributed by atoms with Crippen molar-refractivity contribution in [1.29, 1.82) is 0 Å². The second kappa shape index (κ2) is 5.49. The zero-order valence-electron chi connectivity index (χ0n) is 12.2. The van der Waals surface area contributed by atoms with Gasteiger partial charge in [-0.15, -0.1) is 0 Å². The summed E-state index contributed by atoms with van der Waals surface area (Å²) in [6, 6.07) is 0. The van der Waals surface area contributed by atoms with E-state index in [9.17, 15) is 4.79 Å². The third-order valence-corrected chi connectivity index (χ3v) is 4.27. The van der Waals surface area contributed by atoms with E-state index in [0.717, 1.165) is 0 Å². The maximum atomic E-state index is 12.3. The summed E-state index contributed by atoms with van der Waals surface area (Å²) >= 11 is 0. The highest BCUT2D eigenvalue weighted by atomic mass is 16.5. The van der Waals surface area contributed by atoms with Gasteiger partial charge in [-0.2, -0.15) is 4.98 Å². The Hall–Kier alpha value is -1.47. The minimum atomic E-state index is -0.887. The molecule has 7 heteroatoms. The number of nitrogens with zero attached hydrogens (tertiary/aromatic N) is 2. The Labute approximate surface area is 118 Å². The third-order valence-electron chi connectivity index (χ3n) is 4.27. The van der Waals surface area contributed by atoms with Crippen LogP contribution in [0.1, 0.15) is 33.1 Å². The molecule has 7 nitrogen and oxygen atoms in total. The van der Waals surface area contributed by atoms with Crippen LogP contribution in [0, 0.1) is 5.41 Å². The SMILES string of the molecule is CCOC1CC(N)(C(=O)NCCc2ncno2)C1(C)C. The van der Waals surface area contributed by atoms with Crippen LogP contribution in [0.4, 0.5) is 0 Å². The number of rotatable bonds is 6. The minimum Gasteiger partial charge on any atom is -0.378 e. The highest BCUT2D eigenvalue weighted by Gasteiger charge is 2.62. The number of ether oxygens (including phenoxy) is 1. The van der Waals surface area contributed by atoms with Gasteiger partial charge in [0.05, 0.1) is 6.10 Å². The second-order valence-corrected chi connectivity index (χ2v) is 5.68. The molecule has 1 heterocycles. The average Bonchev–Trinajstić information content (AvgIpc) is 2.91. The van der Waals surface area contributed by atoms with E-state index in [2.05, 4.69) is 15.5 Å². The van der Waals surface area contributed by atoms with Crippen molar-refractivity contribution in [2.75, 3.05) is 13.2 Å². The Kier molecular flexibility index (Phi) is 4.10. The standard InChI is InChI=1S/C13H22N4O3/c1-4-19-9-7-13(14,12(9,2)3)11(18)15-6-5-10-16-8-17-20-10/h8-9H,4-7,14H2,1-3H3,(H,15,18). The molecule has 1 amide bonds. The number of nitrogens with two attached hydrogens (primary N) is 1. The largest absolute Gasteiger partial charge is 0.378 e. The van der Waals surface area contributed by atoms with Gasteiger partial charge in [-0.25, -0.2) is 0 Å². The van der Waals surface area contributed by atoms with Crippen molar-refractivity contribution in [1.82, 2.24) is 15.5 Å². The highest BCUT2D eigenvalue weighted by Crippen LogP contribution is 2.49. The summed E-state index contributed by atoms with van der Waals surface area (Å²) in [7, 11) is 0. The second-order valence-electron chi connectivity index (χ2n) is 5.68. The van der Waals surface area contributed by atoms with Crippen molar-refractivity contribution in [3.8, 4) is 0 Å². The van der Waals surface area contributed by atoms with Crippen LogP contribution in [-0.2, 0) is 16.0 Å². The molecule has 1 aliphatic rings. The topological polar surface area (TPSA) is 103 Å². The number of hydrogen-bond acceptors (Lipinski definition) is 6. The van der Waals surface area contributed by atoms with E-state index in [0.29, 0.717) is 31.9 Å². The molecule has 1 aromatic rings. The Bertz CT molecular complexity index is 460. The molecule has 1 aliphatic carbocycles. The molecule has 1 saturated carbocycles. The Morgan fingerprint density at radius 3 is 2.95 bits per heavy atom. The molecule has 3 N–H and O–H groups in total. The van der Waals surface area contributed by atoms with Crippen LogP contribution < -0.4 is 11.1 Å². The lowest BCUT2D eigenvalue weighted by molar-refractivity contribution is -0.170. The van der Waals surface area contributed by atoms with Crippen LogP contribution in [0.5, 0.6) is 0 Å². The average molecular weight is 282 g/mol. The van der Waals surface area contributed by atoms with Crippen molar-refractivity contribution in [2.24, 2.45) is 11.1 Å². The van der Waals surface area contributed by atoms with Crippen LogP contribution in [0.2, 0.25) is 0 Å². The first kappa shape index (κ1) is 14.9. The molecule has 0 spiro atoms. The van der Waals surface area contributed by atoms with E-state index in [1.165, 1.54) is 6.33 Å². The molecule has 0 aliphatic heterocycles. The predicted molar refractivity (Wildman–Crippen MR) is 71.7 cm³/mol. The van der Waals surface area contributed by atoms with Crippen LogP contribution in [0.25, 0.3) is 0 Å². The van der Waals surface area contributed by atoms with Gasteiger partial charge in [0.25, 0.3) is 0 Å². The molecular weight excluding hydrogens is 260 g/mol. The van der Waals surface area contributed by atoms with Crippen LogP contribution in [0.3, 0.4) is 0 Å². The smallest absolute Gasteiger partial charge is 0.240 e. The van der Waals surface area contributed by atoms with Gasteiger partial charge in [-0.3, -0.25) is 4.79 Å². The van der Waals surface area contributed by atoms with Gasteiger partial charge in [0.2, 0.25) is 11.8 Å². The number of carbonyl (C=O) groups excluding carboxylic acids is 1. The molecule has 112 valence electrons. The van der Waals surface area contributed by atoms with E-state index in [1.54, 1.807) is 0 Å². The maximum absolute atomic E-state index is 12.3. The Morgan fingerprint density at radius 2 is 2.40 bits per heavy atom. The zero-order valence-corrected chi connectivity index (χ0v) is 12.2. The monoisotopic (exact) mass is 282 g/mol. The van der Waals surface area contributed by atoms with Crippen LogP contribution >= 0.6 is 0 Å². The molecule has 0 radical (unpaired) electrons. The molecule has 0 saturated heterocycles. The Balaban J connectivity index is 1.86. The normalized spacial score (nSPS) is 27.9. The fourth-order valence-electron chi connectivity index (χ4n) is 2.57. The molecule has 0 bridgehead atoms. The summed E-state index contributed by atoms with van der Waals surface area (Å²) in [4.78, 5) is 16.2. The molecule has 2 rings (SSSR count). The van der Waals surface area contributed by atoms with Crippen molar-refractivity contribution < 1.29 is 14.1 Å². The first-order valence-electron chi connectivity index (χ1n) is 6.86. The summed E-state index contributed by atoms with van der Waals surface area (Å²) in [5.74, 6) is 0.342. The zero-order chi connectivity index (χ0) is 14.8. The van der Waals surface area contributed by atoms with Gasteiger partial charge in [0, 0.05) is 31.4 Å². The maximum Gasteiger partial charge on any atom is 0.240 e. The third kappa shape index (κ3) is 2.43. The van der Waals surface area contributed by atoms with Gasteiger partial charge in [0.1, 0.15) is 5.54 Å². The number of aromatic nitrogens is 2. The van der Waals surface area contributed by atoms with Crippen molar-refractivity contribution in [3.63, 3.8) is 0 Å².